The Kier molecular flexibility index (Phi) is 5.24. The van der Waals surface area contributed by atoms with Crippen molar-refractivity contribution >= 4 is 44.7 Å². The summed E-state index contributed by atoms with van der Waals surface area (Å²) in [5.41, 5.74) is 1.04. The van der Waals surface area contributed by atoms with Crippen LogP contribution in [0.2, 0.25) is 5.15 Å². The minimum atomic E-state index is -1.34. The molecule has 134 valence electrons. The zero-order valence-corrected chi connectivity index (χ0v) is 16.3. The molecule has 27 heavy (non-hydrogen) atoms. The van der Waals surface area contributed by atoms with Crippen molar-refractivity contribution in [3.05, 3.63) is 78.3 Å². The van der Waals surface area contributed by atoms with Gasteiger partial charge in [-0.05, 0) is 42.0 Å². The quantitative estimate of drug-likeness (QED) is 0.458. The summed E-state index contributed by atoms with van der Waals surface area (Å²) >= 11 is 7.63. The number of halogens is 1. The maximum absolute atomic E-state index is 12.8. The second kappa shape index (κ2) is 7.96. The van der Waals surface area contributed by atoms with Crippen molar-refractivity contribution in [2.75, 3.05) is 5.32 Å². The molecule has 4 aromatic rings. The number of anilines is 2. The van der Waals surface area contributed by atoms with Gasteiger partial charge in [0.1, 0.15) is 11.0 Å². The number of thiazole rings is 1. The molecular weight excluding hydrogens is 400 g/mol. The second-order valence-electron chi connectivity index (χ2n) is 5.48. The SMILES string of the molecule is O=S(c1ccccc1)c1cc(Cl)nc(Nc2ncc(-c3ccncc3)s2)c1. The first-order valence-electron chi connectivity index (χ1n) is 7.97. The van der Waals surface area contributed by atoms with Gasteiger partial charge >= 0.3 is 0 Å². The van der Waals surface area contributed by atoms with Crippen LogP contribution in [0.5, 0.6) is 0 Å². The lowest BCUT2D eigenvalue weighted by Gasteiger charge is -2.07. The standard InChI is InChI=1S/C19H13ClN4OS2/c20-17-10-15(27(25)14-4-2-1-3-5-14)11-18(23-17)24-19-22-12-16(26-19)13-6-8-21-9-7-13/h1-12H,(H,22,23,24). The fourth-order valence-corrected chi connectivity index (χ4v) is 4.63. The Balaban J connectivity index is 1.59. The molecule has 3 aromatic heterocycles. The topological polar surface area (TPSA) is 67.8 Å². The van der Waals surface area contributed by atoms with E-state index in [-0.39, 0.29) is 5.15 Å². The summed E-state index contributed by atoms with van der Waals surface area (Å²) in [4.78, 5) is 15.0. The molecule has 1 atom stereocenters. The highest BCUT2D eigenvalue weighted by molar-refractivity contribution is 7.85. The van der Waals surface area contributed by atoms with E-state index in [2.05, 4.69) is 20.3 Å². The monoisotopic (exact) mass is 412 g/mol. The molecule has 0 bridgehead atoms. The largest absolute Gasteiger partial charge is 0.316 e. The Morgan fingerprint density at radius 2 is 1.78 bits per heavy atom. The van der Waals surface area contributed by atoms with Crippen LogP contribution in [-0.4, -0.2) is 19.2 Å². The van der Waals surface area contributed by atoms with Crippen LogP contribution in [0.4, 0.5) is 10.9 Å². The van der Waals surface area contributed by atoms with Crippen molar-refractivity contribution in [1.29, 1.82) is 0 Å². The lowest BCUT2D eigenvalue weighted by Crippen LogP contribution is -1.98. The van der Waals surface area contributed by atoms with Crippen molar-refractivity contribution in [2.24, 2.45) is 0 Å². The van der Waals surface area contributed by atoms with Gasteiger partial charge in [0, 0.05) is 23.5 Å². The van der Waals surface area contributed by atoms with Crippen LogP contribution in [0.1, 0.15) is 0 Å². The normalized spacial score (nSPS) is 11.9. The van der Waals surface area contributed by atoms with Gasteiger partial charge in [-0.2, -0.15) is 0 Å². The molecule has 0 saturated carbocycles. The molecule has 1 aromatic carbocycles. The van der Waals surface area contributed by atoms with Crippen molar-refractivity contribution in [2.45, 2.75) is 9.79 Å². The van der Waals surface area contributed by atoms with Crippen molar-refractivity contribution in [3.63, 3.8) is 0 Å². The average Bonchev–Trinajstić information content (AvgIpc) is 3.17. The van der Waals surface area contributed by atoms with E-state index in [0.717, 1.165) is 10.4 Å². The molecule has 8 heteroatoms. The molecule has 0 amide bonds. The number of benzene rings is 1. The highest BCUT2D eigenvalue weighted by Crippen LogP contribution is 2.31. The first-order chi connectivity index (χ1) is 13.2. The predicted octanol–water partition coefficient (Wildman–Crippen LogP) is 5.16. The Morgan fingerprint density at radius 1 is 1.00 bits per heavy atom. The molecular formula is C19H13ClN4OS2. The number of aromatic nitrogens is 3. The Hall–Kier alpha value is -2.61. The third kappa shape index (κ3) is 4.21. The molecule has 4 rings (SSSR count). The molecule has 0 saturated heterocycles. The maximum Gasteiger partial charge on any atom is 0.188 e. The molecule has 0 radical (unpaired) electrons. The lowest BCUT2D eigenvalue weighted by molar-refractivity contribution is 0.683. The molecule has 1 N–H and O–H groups in total. The number of pyridine rings is 2. The summed E-state index contributed by atoms with van der Waals surface area (Å²) in [5.74, 6) is 0.498. The van der Waals surface area contributed by atoms with Gasteiger partial charge in [-0.3, -0.25) is 4.98 Å². The molecule has 3 heterocycles. The number of rotatable bonds is 5. The van der Waals surface area contributed by atoms with Gasteiger partial charge in [0.15, 0.2) is 5.13 Å². The zero-order valence-electron chi connectivity index (χ0n) is 13.9. The van der Waals surface area contributed by atoms with E-state index in [0.29, 0.717) is 20.7 Å². The molecule has 0 fully saturated rings. The van der Waals surface area contributed by atoms with Crippen LogP contribution in [0.15, 0.2) is 83.0 Å². The van der Waals surface area contributed by atoms with Crippen molar-refractivity contribution in [1.82, 2.24) is 15.0 Å². The minimum Gasteiger partial charge on any atom is -0.316 e. The predicted molar refractivity (Wildman–Crippen MR) is 109 cm³/mol. The van der Waals surface area contributed by atoms with Crippen LogP contribution in [0.25, 0.3) is 10.4 Å². The van der Waals surface area contributed by atoms with E-state index < -0.39 is 10.8 Å². The van der Waals surface area contributed by atoms with Gasteiger partial charge in [-0.15, -0.1) is 0 Å². The van der Waals surface area contributed by atoms with Gasteiger partial charge < -0.3 is 5.32 Å². The molecule has 5 nitrogen and oxygen atoms in total. The van der Waals surface area contributed by atoms with Crippen LogP contribution >= 0.6 is 22.9 Å². The van der Waals surface area contributed by atoms with Crippen molar-refractivity contribution in [3.8, 4) is 10.4 Å². The minimum absolute atomic E-state index is 0.269. The molecule has 0 spiro atoms. The summed E-state index contributed by atoms with van der Waals surface area (Å²) in [6.45, 7) is 0. The number of nitrogens with one attached hydrogen (secondary N) is 1. The Labute approximate surface area is 167 Å². The third-order valence-electron chi connectivity index (χ3n) is 3.64. The highest BCUT2D eigenvalue weighted by atomic mass is 35.5. The van der Waals surface area contributed by atoms with Gasteiger partial charge in [-0.25, -0.2) is 14.2 Å². The number of nitrogens with zero attached hydrogens (tertiary/aromatic N) is 3. The van der Waals surface area contributed by atoms with Gasteiger partial charge in [-0.1, -0.05) is 41.1 Å². The Morgan fingerprint density at radius 3 is 2.56 bits per heavy atom. The van der Waals surface area contributed by atoms with Crippen molar-refractivity contribution < 1.29 is 4.21 Å². The average molecular weight is 413 g/mol. The van der Waals surface area contributed by atoms with Crippen LogP contribution < -0.4 is 5.32 Å². The van der Waals surface area contributed by atoms with E-state index in [1.807, 2.05) is 42.5 Å². The fourth-order valence-electron chi connectivity index (χ4n) is 2.42. The summed E-state index contributed by atoms with van der Waals surface area (Å²) in [7, 11) is -1.34. The van der Waals surface area contributed by atoms with Gasteiger partial charge in [0.2, 0.25) is 0 Å². The molecule has 1 unspecified atom stereocenters. The Bertz CT molecular complexity index is 1090. The molecule has 0 aliphatic heterocycles. The van der Waals surface area contributed by atoms with Crippen LogP contribution in [-0.2, 0) is 10.8 Å². The number of hydrogen-bond acceptors (Lipinski definition) is 6. The van der Waals surface area contributed by atoms with Crippen LogP contribution in [0.3, 0.4) is 0 Å². The van der Waals surface area contributed by atoms with Gasteiger partial charge in [0.05, 0.1) is 20.6 Å². The lowest BCUT2D eigenvalue weighted by atomic mass is 10.2. The van der Waals surface area contributed by atoms with E-state index in [9.17, 15) is 4.21 Å². The molecule has 0 aliphatic rings. The third-order valence-corrected chi connectivity index (χ3v) is 6.16. The summed E-state index contributed by atoms with van der Waals surface area (Å²) < 4.78 is 12.8. The maximum atomic E-state index is 12.8. The van der Waals surface area contributed by atoms with Gasteiger partial charge in [0.25, 0.3) is 0 Å². The summed E-state index contributed by atoms with van der Waals surface area (Å²) in [5, 5.41) is 4.09. The second-order valence-corrected chi connectivity index (χ2v) is 8.38. The first-order valence-corrected chi connectivity index (χ1v) is 10.3. The van der Waals surface area contributed by atoms with E-state index in [1.165, 1.54) is 11.3 Å². The summed E-state index contributed by atoms with van der Waals surface area (Å²) in [6.07, 6.45) is 5.27. The van der Waals surface area contributed by atoms with E-state index in [4.69, 9.17) is 11.6 Å². The summed E-state index contributed by atoms with van der Waals surface area (Å²) in [6, 6.07) is 16.4. The van der Waals surface area contributed by atoms with E-state index in [1.54, 1.807) is 30.7 Å². The zero-order chi connectivity index (χ0) is 18.6. The fraction of sp³-hybridized carbons (Fsp3) is 0. The first kappa shape index (κ1) is 17.8. The highest BCUT2D eigenvalue weighted by Gasteiger charge is 2.12. The number of hydrogen-bond donors (Lipinski definition) is 1. The van der Waals surface area contributed by atoms with Crippen LogP contribution in [0, 0.1) is 0 Å². The molecule has 0 aliphatic carbocycles. The van der Waals surface area contributed by atoms with E-state index >= 15 is 0 Å². The smallest absolute Gasteiger partial charge is 0.188 e.